The number of carboxylic acids is 1. The number of hydrogen-bond donors (Lipinski definition) is 2. The molecule has 0 heterocycles. The van der Waals surface area contributed by atoms with E-state index in [9.17, 15) is 4.79 Å². The van der Waals surface area contributed by atoms with Gasteiger partial charge in [-0.25, -0.2) is 0 Å². The van der Waals surface area contributed by atoms with Gasteiger partial charge < -0.3 is 10.2 Å². The van der Waals surface area contributed by atoms with Crippen molar-refractivity contribution in [2.45, 2.75) is 20.8 Å². The molecule has 3 heteroatoms. The summed E-state index contributed by atoms with van der Waals surface area (Å²) in [6.07, 6.45) is 0. The van der Waals surface area contributed by atoms with Gasteiger partial charge in [0.25, 0.3) is 0 Å². The van der Waals surface area contributed by atoms with Crippen LogP contribution in [0.15, 0.2) is 0 Å². The lowest BCUT2D eigenvalue weighted by Gasteiger charge is -2.25. The normalized spacial score (nSPS) is 16.9. The molecule has 0 saturated heterocycles. The molecule has 3 nitrogen and oxygen atoms in total. The van der Waals surface area contributed by atoms with Crippen molar-refractivity contribution in [2.75, 3.05) is 6.61 Å². The molecule has 0 amide bonds. The Labute approximate surface area is 60.7 Å². The first-order chi connectivity index (χ1) is 4.45. The summed E-state index contributed by atoms with van der Waals surface area (Å²) in [4.78, 5) is 10.5. The molecule has 0 aliphatic heterocycles. The van der Waals surface area contributed by atoms with E-state index in [1.807, 2.05) is 0 Å². The lowest BCUT2D eigenvalue weighted by atomic mass is 9.80. The summed E-state index contributed by atoms with van der Waals surface area (Å²) in [5.41, 5.74) is -0.986. The standard InChI is InChI=1S/C7H14O3/c1-5(2)7(3,4-8)6(9)10/h5,8H,4H2,1-3H3,(H,9,10)/t7-/m1/s1. The summed E-state index contributed by atoms with van der Waals surface area (Å²) in [7, 11) is 0. The Bertz CT molecular complexity index is 131. The molecule has 0 radical (unpaired) electrons. The summed E-state index contributed by atoms with van der Waals surface area (Å²) >= 11 is 0. The van der Waals surface area contributed by atoms with Crippen LogP contribution in [0.4, 0.5) is 0 Å². The highest BCUT2D eigenvalue weighted by molar-refractivity contribution is 5.74. The molecule has 1 atom stereocenters. The smallest absolute Gasteiger partial charge is 0.311 e. The molecule has 0 aromatic rings. The Kier molecular flexibility index (Phi) is 2.84. The number of aliphatic hydroxyl groups excluding tert-OH is 1. The zero-order valence-electron chi connectivity index (χ0n) is 6.59. The van der Waals surface area contributed by atoms with Gasteiger partial charge in [0.15, 0.2) is 0 Å². The zero-order chi connectivity index (χ0) is 8.36. The largest absolute Gasteiger partial charge is 0.481 e. The van der Waals surface area contributed by atoms with Crippen molar-refractivity contribution in [3.05, 3.63) is 0 Å². The van der Waals surface area contributed by atoms with E-state index in [1.54, 1.807) is 20.8 Å². The van der Waals surface area contributed by atoms with E-state index in [-0.39, 0.29) is 12.5 Å². The predicted octanol–water partition coefficient (Wildman–Crippen LogP) is 0.726. The average Bonchev–Trinajstić information content (AvgIpc) is 1.85. The number of carbonyl (C=O) groups is 1. The molecule has 0 aromatic heterocycles. The van der Waals surface area contributed by atoms with E-state index in [1.165, 1.54) is 0 Å². The first-order valence-corrected chi connectivity index (χ1v) is 3.29. The summed E-state index contributed by atoms with van der Waals surface area (Å²) in [5, 5.41) is 17.4. The summed E-state index contributed by atoms with van der Waals surface area (Å²) in [6.45, 7) is 4.80. The monoisotopic (exact) mass is 146 g/mol. The Morgan fingerprint density at radius 1 is 1.60 bits per heavy atom. The van der Waals surface area contributed by atoms with Crippen LogP contribution in [-0.2, 0) is 4.79 Å². The third kappa shape index (κ3) is 1.48. The molecular weight excluding hydrogens is 132 g/mol. The van der Waals surface area contributed by atoms with Gasteiger partial charge in [-0.2, -0.15) is 0 Å². The van der Waals surface area contributed by atoms with Crippen LogP contribution in [0.1, 0.15) is 20.8 Å². The van der Waals surface area contributed by atoms with Crippen LogP contribution in [0.5, 0.6) is 0 Å². The van der Waals surface area contributed by atoms with Crippen molar-refractivity contribution < 1.29 is 15.0 Å². The molecule has 10 heavy (non-hydrogen) atoms. The van der Waals surface area contributed by atoms with Gasteiger partial charge in [0.05, 0.1) is 12.0 Å². The second-order valence-corrected chi connectivity index (χ2v) is 3.04. The van der Waals surface area contributed by atoms with Crippen LogP contribution in [0, 0.1) is 11.3 Å². The fourth-order valence-corrected chi connectivity index (χ4v) is 0.497. The second-order valence-electron chi connectivity index (χ2n) is 3.04. The van der Waals surface area contributed by atoms with Gasteiger partial charge in [-0.3, -0.25) is 4.79 Å². The van der Waals surface area contributed by atoms with Crippen LogP contribution in [-0.4, -0.2) is 22.8 Å². The van der Waals surface area contributed by atoms with Crippen LogP contribution in [0.3, 0.4) is 0 Å². The summed E-state index contributed by atoms with van der Waals surface area (Å²) in [6, 6.07) is 0. The first-order valence-electron chi connectivity index (χ1n) is 3.29. The number of hydrogen-bond acceptors (Lipinski definition) is 2. The molecule has 0 spiro atoms. The van der Waals surface area contributed by atoms with Crippen LogP contribution in [0.25, 0.3) is 0 Å². The molecule has 60 valence electrons. The minimum atomic E-state index is -0.986. The molecule has 0 rings (SSSR count). The van der Waals surface area contributed by atoms with Crippen molar-refractivity contribution >= 4 is 5.97 Å². The van der Waals surface area contributed by atoms with Gasteiger partial charge >= 0.3 is 5.97 Å². The maximum Gasteiger partial charge on any atom is 0.311 e. The highest BCUT2D eigenvalue weighted by atomic mass is 16.4. The average molecular weight is 146 g/mol. The third-order valence-corrected chi connectivity index (χ3v) is 2.09. The Morgan fingerprint density at radius 3 is 2.00 bits per heavy atom. The molecule has 0 saturated carbocycles. The second kappa shape index (κ2) is 3.01. The molecule has 0 aliphatic carbocycles. The van der Waals surface area contributed by atoms with E-state index in [0.29, 0.717) is 0 Å². The fourth-order valence-electron chi connectivity index (χ4n) is 0.497. The first kappa shape index (κ1) is 9.43. The Balaban J connectivity index is 4.38. The molecular formula is C7H14O3. The molecule has 0 bridgehead atoms. The van der Waals surface area contributed by atoms with Gasteiger partial charge in [-0.15, -0.1) is 0 Å². The van der Waals surface area contributed by atoms with Crippen LogP contribution < -0.4 is 0 Å². The van der Waals surface area contributed by atoms with E-state index in [0.717, 1.165) is 0 Å². The minimum absolute atomic E-state index is 0.0463. The number of aliphatic carboxylic acids is 1. The van der Waals surface area contributed by atoms with Crippen molar-refractivity contribution in [2.24, 2.45) is 11.3 Å². The van der Waals surface area contributed by atoms with Gasteiger partial charge in [0.2, 0.25) is 0 Å². The highest BCUT2D eigenvalue weighted by Crippen LogP contribution is 2.25. The predicted molar refractivity (Wildman–Crippen MR) is 37.7 cm³/mol. The topological polar surface area (TPSA) is 57.5 Å². The van der Waals surface area contributed by atoms with Gasteiger partial charge in [0.1, 0.15) is 0 Å². The SMILES string of the molecule is CC(C)[C@@](C)(CO)C(=O)O. The number of aliphatic hydroxyl groups is 1. The third-order valence-electron chi connectivity index (χ3n) is 2.09. The minimum Gasteiger partial charge on any atom is -0.481 e. The maximum atomic E-state index is 10.5. The molecule has 0 unspecified atom stereocenters. The van der Waals surface area contributed by atoms with Crippen molar-refractivity contribution in [3.8, 4) is 0 Å². The maximum absolute atomic E-state index is 10.5. The molecule has 0 fully saturated rings. The Morgan fingerprint density at radius 2 is 2.00 bits per heavy atom. The lowest BCUT2D eigenvalue weighted by Crippen LogP contribution is -2.36. The van der Waals surface area contributed by atoms with Gasteiger partial charge in [-0.05, 0) is 12.8 Å². The van der Waals surface area contributed by atoms with E-state index < -0.39 is 11.4 Å². The van der Waals surface area contributed by atoms with Crippen molar-refractivity contribution in [1.29, 1.82) is 0 Å². The number of carboxylic acid groups (broad SMARTS) is 1. The number of rotatable bonds is 3. The van der Waals surface area contributed by atoms with Crippen LogP contribution >= 0.6 is 0 Å². The summed E-state index contributed by atoms with van der Waals surface area (Å²) < 4.78 is 0. The van der Waals surface area contributed by atoms with E-state index in [4.69, 9.17) is 10.2 Å². The van der Waals surface area contributed by atoms with E-state index >= 15 is 0 Å². The van der Waals surface area contributed by atoms with Gasteiger partial charge in [-0.1, -0.05) is 13.8 Å². The zero-order valence-corrected chi connectivity index (χ0v) is 6.59. The Hall–Kier alpha value is -0.570. The van der Waals surface area contributed by atoms with Crippen LogP contribution in [0.2, 0.25) is 0 Å². The highest BCUT2D eigenvalue weighted by Gasteiger charge is 2.35. The summed E-state index contributed by atoms with van der Waals surface area (Å²) in [5.74, 6) is -0.986. The lowest BCUT2D eigenvalue weighted by molar-refractivity contribution is -0.153. The van der Waals surface area contributed by atoms with Crippen molar-refractivity contribution in [3.63, 3.8) is 0 Å². The van der Waals surface area contributed by atoms with Gasteiger partial charge in [0, 0.05) is 0 Å². The van der Waals surface area contributed by atoms with Crippen molar-refractivity contribution in [1.82, 2.24) is 0 Å². The van der Waals surface area contributed by atoms with E-state index in [2.05, 4.69) is 0 Å². The molecule has 0 aliphatic rings. The molecule has 0 aromatic carbocycles. The fraction of sp³-hybridized carbons (Fsp3) is 0.857. The molecule has 2 N–H and O–H groups in total. The quantitative estimate of drug-likeness (QED) is 0.617.